The number of nitrogens with one attached hydrogen (secondary N) is 2. The van der Waals surface area contributed by atoms with Gasteiger partial charge < -0.3 is 15.7 Å². The van der Waals surface area contributed by atoms with Crippen LogP contribution in [0, 0.1) is 5.92 Å². The van der Waals surface area contributed by atoms with E-state index in [0.717, 1.165) is 17.2 Å². The van der Waals surface area contributed by atoms with Crippen LogP contribution in [0.5, 0.6) is 0 Å². The summed E-state index contributed by atoms with van der Waals surface area (Å²) in [4.78, 5) is 30.3. The number of fused-ring (bicyclic) bond motifs is 1. The van der Waals surface area contributed by atoms with Crippen molar-refractivity contribution in [1.29, 1.82) is 0 Å². The van der Waals surface area contributed by atoms with E-state index in [-0.39, 0.29) is 31.1 Å². The molecule has 3 aromatic rings. The molecular formula is C29H38N4O5S. The van der Waals surface area contributed by atoms with Crippen molar-refractivity contribution in [1.82, 2.24) is 19.9 Å². The van der Waals surface area contributed by atoms with E-state index < -0.39 is 40.0 Å². The number of para-hydroxylation sites is 1. The van der Waals surface area contributed by atoms with Crippen LogP contribution in [0.1, 0.15) is 43.2 Å². The first-order chi connectivity index (χ1) is 18.4. The molecule has 3 N–H and O–H groups in total. The molecule has 0 unspecified atom stereocenters. The lowest BCUT2D eigenvalue weighted by Gasteiger charge is -2.30. The molecular weight excluding hydrogens is 516 g/mol. The summed E-state index contributed by atoms with van der Waals surface area (Å²) >= 11 is 0. The first-order valence-electron chi connectivity index (χ1n) is 13.1. The zero-order valence-corrected chi connectivity index (χ0v) is 23.7. The number of carbonyl (C=O) groups is 2. The second-order valence-electron chi connectivity index (χ2n) is 10.3. The lowest BCUT2D eigenvalue weighted by Crippen LogP contribution is -2.54. The Kier molecular flexibility index (Phi) is 10.6. The zero-order chi connectivity index (χ0) is 28.6. The Hall–Kier alpha value is -3.34. The molecule has 3 atom stereocenters. The minimum absolute atomic E-state index is 0.162. The molecule has 0 saturated heterocycles. The van der Waals surface area contributed by atoms with Crippen molar-refractivity contribution in [2.45, 2.75) is 51.8 Å². The molecule has 1 heterocycles. The summed E-state index contributed by atoms with van der Waals surface area (Å²) in [6, 6.07) is 18.4. The van der Waals surface area contributed by atoms with Gasteiger partial charge in [0.1, 0.15) is 11.7 Å². The lowest BCUT2D eigenvalue weighted by molar-refractivity contribution is -0.124. The van der Waals surface area contributed by atoms with Crippen LogP contribution in [-0.2, 0) is 21.2 Å². The minimum atomic E-state index is -3.57. The van der Waals surface area contributed by atoms with Gasteiger partial charge in [-0.15, -0.1) is 0 Å². The van der Waals surface area contributed by atoms with E-state index in [9.17, 15) is 23.1 Å². The van der Waals surface area contributed by atoms with Crippen LogP contribution in [0.4, 0.5) is 0 Å². The number of benzene rings is 2. The third-order valence-corrected chi connectivity index (χ3v) is 7.75. The molecule has 1 aromatic heterocycles. The maximum Gasteiger partial charge on any atom is 0.270 e. The molecule has 9 nitrogen and oxygen atoms in total. The second kappa shape index (κ2) is 13.6. The quantitative estimate of drug-likeness (QED) is 0.298. The maximum absolute atomic E-state index is 13.1. The summed E-state index contributed by atoms with van der Waals surface area (Å²) in [6.07, 6.45) is 0.855. The largest absolute Gasteiger partial charge is 0.390 e. The predicted octanol–water partition coefficient (Wildman–Crippen LogP) is 2.75. The highest BCUT2D eigenvalue weighted by Crippen LogP contribution is 2.14. The molecule has 0 aliphatic rings. The Morgan fingerprint density at radius 3 is 2.28 bits per heavy atom. The van der Waals surface area contributed by atoms with E-state index >= 15 is 0 Å². The highest BCUT2D eigenvalue weighted by molar-refractivity contribution is 7.88. The second-order valence-corrected chi connectivity index (χ2v) is 12.2. The van der Waals surface area contributed by atoms with Crippen LogP contribution in [0.3, 0.4) is 0 Å². The molecule has 10 heteroatoms. The number of sulfonamides is 1. The van der Waals surface area contributed by atoms with Crippen molar-refractivity contribution < 1.29 is 23.1 Å². The van der Waals surface area contributed by atoms with Crippen LogP contribution in [0.25, 0.3) is 10.9 Å². The Balaban J connectivity index is 1.72. The first kappa shape index (κ1) is 30.2. The zero-order valence-electron chi connectivity index (χ0n) is 22.9. The van der Waals surface area contributed by atoms with Crippen molar-refractivity contribution in [2.75, 3.05) is 19.3 Å². The number of carbonyl (C=O) groups excluding carboxylic acids is 2. The standard InChI is InChI=1S/C29H38N4O5S/c1-20(2)16-17-33(39(4,37)38)19-27(34)26(18-22-10-6-5-7-11-22)32-28(35)21(3)30-29(36)25-15-14-23-12-8-9-13-24(23)31-25/h5-15,20-21,26-27,34H,16-19H2,1-4H3,(H,30,36)(H,32,35)/t21-,26-,27+/m0/s1. The summed E-state index contributed by atoms with van der Waals surface area (Å²) in [5.74, 6) is -0.717. The van der Waals surface area contributed by atoms with E-state index in [0.29, 0.717) is 11.9 Å². The molecule has 2 amide bonds. The van der Waals surface area contributed by atoms with E-state index in [4.69, 9.17) is 0 Å². The lowest BCUT2D eigenvalue weighted by atomic mass is 10.0. The summed E-state index contributed by atoms with van der Waals surface area (Å²) in [5, 5.41) is 17.5. The van der Waals surface area contributed by atoms with Gasteiger partial charge in [-0.2, -0.15) is 4.31 Å². The highest BCUT2D eigenvalue weighted by Gasteiger charge is 2.29. The molecule has 39 heavy (non-hydrogen) atoms. The van der Waals surface area contributed by atoms with Gasteiger partial charge in [-0.25, -0.2) is 13.4 Å². The van der Waals surface area contributed by atoms with Crippen molar-refractivity contribution in [3.63, 3.8) is 0 Å². The van der Waals surface area contributed by atoms with Gasteiger partial charge in [0.15, 0.2) is 0 Å². The van der Waals surface area contributed by atoms with Crippen LogP contribution >= 0.6 is 0 Å². The van der Waals surface area contributed by atoms with Gasteiger partial charge in [0.2, 0.25) is 15.9 Å². The van der Waals surface area contributed by atoms with Crippen LogP contribution in [0.2, 0.25) is 0 Å². The van der Waals surface area contributed by atoms with Crippen molar-refractivity contribution in [3.05, 3.63) is 78.0 Å². The number of aliphatic hydroxyl groups excluding tert-OH is 1. The van der Waals surface area contributed by atoms with Gasteiger partial charge in [-0.3, -0.25) is 9.59 Å². The number of aromatic nitrogens is 1. The Morgan fingerprint density at radius 1 is 0.949 bits per heavy atom. The Bertz CT molecular complexity index is 1360. The van der Waals surface area contributed by atoms with Crippen molar-refractivity contribution >= 4 is 32.7 Å². The fourth-order valence-electron chi connectivity index (χ4n) is 4.12. The number of pyridine rings is 1. The van der Waals surface area contributed by atoms with E-state index in [1.54, 1.807) is 25.1 Å². The minimum Gasteiger partial charge on any atom is -0.390 e. The maximum atomic E-state index is 13.1. The molecule has 0 radical (unpaired) electrons. The molecule has 0 bridgehead atoms. The topological polar surface area (TPSA) is 129 Å². The number of hydrogen-bond acceptors (Lipinski definition) is 6. The summed E-state index contributed by atoms with van der Waals surface area (Å²) < 4.78 is 26.1. The van der Waals surface area contributed by atoms with Crippen molar-refractivity contribution in [2.24, 2.45) is 5.92 Å². The van der Waals surface area contributed by atoms with E-state index in [1.165, 1.54) is 4.31 Å². The third kappa shape index (κ3) is 9.12. The average Bonchev–Trinajstić information content (AvgIpc) is 2.89. The van der Waals surface area contributed by atoms with Crippen molar-refractivity contribution in [3.8, 4) is 0 Å². The first-order valence-corrected chi connectivity index (χ1v) is 14.9. The Labute approximate surface area is 230 Å². The van der Waals surface area contributed by atoms with Gasteiger partial charge in [-0.05, 0) is 43.4 Å². The van der Waals surface area contributed by atoms with E-state index in [1.807, 2.05) is 62.4 Å². The Morgan fingerprint density at radius 2 is 1.62 bits per heavy atom. The number of rotatable bonds is 13. The van der Waals surface area contributed by atoms with Crippen LogP contribution in [0.15, 0.2) is 66.7 Å². The average molecular weight is 555 g/mol. The summed E-state index contributed by atoms with van der Waals surface area (Å²) in [5.41, 5.74) is 1.72. The summed E-state index contributed by atoms with van der Waals surface area (Å²) in [6.45, 7) is 5.65. The number of amides is 2. The smallest absolute Gasteiger partial charge is 0.270 e. The van der Waals surface area contributed by atoms with Crippen LogP contribution in [-0.4, -0.2) is 72.2 Å². The van der Waals surface area contributed by atoms with Gasteiger partial charge in [-0.1, -0.05) is 68.4 Å². The molecule has 0 aliphatic carbocycles. The van der Waals surface area contributed by atoms with Gasteiger partial charge in [0.25, 0.3) is 5.91 Å². The fraction of sp³-hybridized carbons (Fsp3) is 0.414. The number of hydrogen-bond donors (Lipinski definition) is 3. The fourth-order valence-corrected chi connectivity index (χ4v) is 4.98. The van der Waals surface area contributed by atoms with Gasteiger partial charge in [0, 0.05) is 18.5 Å². The predicted molar refractivity (Wildman–Crippen MR) is 153 cm³/mol. The molecule has 3 rings (SSSR count). The molecule has 0 fully saturated rings. The normalized spacial score (nSPS) is 14.2. The number of aliphatic hydroxyl groups is 1. The SMILES string of the molecule is CC(C)CCN(C[C@@H](O)[C@H](Cc1ccccc1)NC(=O)[C@H](C)NC(=O)c1ccc2ccccc2n1)S(C)(=O)=O. The molecule has 0 spiro atoms. The third-order valence-electron chi connectivity index (χ3n) is 6.48. The number of nitrogens with zero attached hydrogens (tertiary/aromatic N) is 2. The van der Waals surface area contributed by atoms with Gasteiger partial charge >= 0.3 is 0 Å². The molecule has 2 aromatic carbocycles. The van der Waals surface area contributed by atoms with E-state index in [2.05, 4.69) is 15.6 Å². The highest BCUT2D eigenvalue weighted by atomic mass is 32.2. The van der Waals surface area contributed by atoms with Crippen LogP contribution < -0.4 is 10.6 Å². The summed E-state index contributed by atoms with van der Waals surface area (Å²) in [7, 11) is -3.57. The molecule has 0 saturated carbocycles. The monoisotopic (exact) mass is 554 g/mol. The van der Waals surface area contributed by atoms with Gasteiger partial charge in [0.05, 0.1) is 23.9 Å². The molecule has 0 aliphatic heterocycles. The molecule has 210 valence electrons.